The molecule has 2 amide bonds. The first-order valence-electron chi connectivity index (χ1n) is 11.2. The standard InChI is InChI=1S/C27H23FN2O5/c1-27(25(32)33)14-30(15-27)24(31)21-11-10-16(12-23(21)28)29-26(34)35-13-22-19-8-4-2-6-17(19)18-7-3-5-9-20(18)22/h2-12,22H,13-15H2,1H3,(H,29,34)(H,32,33). The number of carbonyl (C=O) groups excluding carboxylic acids is 2. The summed E-state index contributed by atoms with van der Waals surface area (Å²) in [7, 11) is 0. The van der Waals surface area contributed by atoms with Gasteiger partial charge in [0.05, 0.1) is 5.56 Å². The minimum Gasteiger partial charge on any atom is -0.481 e. The summed E-state index contributed by atoms with van der Waals surface area (Å²) in [4.78, 5) is 37.5. The molecule has 5 rings (SSSR count). The summed E-state index contributed by atoms with van der Waals surface area (Å²) >= 11 is 0. The van der Waals surface area contributed by atoms with E-state index in [2.05, 4.69) is 5.32 Å². The van der Waals surface area contributed by atoms with Crippen LogP contribution in [0.2, 0.25) is 0 Å². The predicted octanol–water partition coefficient (Wildman–Crippen LogP) is 4.73. The highest BCUT2D eigenvalue weighted by Crippen LogP contribution is 2.44. The van der Waals surface area contributed by atoms with E-state index in [4.69, 9.17) is 4.74 Å². The zero-order valence-corrected chi connectivity index (χ0v) is 19.0. The van der Waals surface area contributed by atoms with Gasteiger partial charge in [-0.05, 0) is 47.4 Å². The second-order valence-corrected chi connectivity index (χ2v) is 9.17. The van der Waals surface area contributed by atoms with Crippen LogP contribution in [0.15, 0.2) is 66.7 Å². The molecule has 1 saturated heterocycles. The molecule has 178 valence electrons. The van der Waals surface area contributed by atoms with Crippen LogP contribution in [0, 0.1) is 11.2 Å². The number of anilines is 1. The number of rotatable bonds is 5. The number of aliphatic carboxylic acids is 1. The smallest absolute Gasteiger partial charge is 0.411 e. The van der Waals surface area contributed by atoms with E-state index in [1.807, 2.05) is 48.5 Å². The lowest BCUT2D eigenvalue weighted by Gasteiger charge is -2.44. The Bertz CT molecular complexity index is 1300. The molecule has 0 saturated carbocycles. The average Bonchev–Trinajstić information content (AvgIpc) is 3.14. The van der Waals surface area contributed by atoms with Gasteiger partial charge in [-0.15, -0.1) is 0 Å². The topological polar surface area (TPSA) is 95.9 Å². The molecule has 0 unspecified atom stereocenters. The molecule has 0 atom stereocenters. The molecule has 1 heterocycles. The summed E-state index contributed by atoms with van der Waals surface area (Å²) < 4.78 is 20.1. The summed E-state index contributed by atoms with van der Waals surface area (Å²) in [6.45, 7) is 1.69. The second kappa shape index (κ2) is 8.54. The quantitative estimate of drug-likeness (QED) is 0.557. The first-order valence-corrected chi connectivity index (χ1v) is 11.2. The second-order valence-electron chi connectivity index (χ2n) is 9.17. The van der Waals surface area contributed by atoms with Crippen molar-refractivity contribution in [3.05, 3.63) is 89.2 Å². The number of carbonyl (C=O) groups is 3. The van der Waals surface area contributed by atoms with E-state index in [1.165, 1.54) is 24.0 Å². The first-order chi connectivity index (χ1) is 16.8. The third-order valence-corrected chi connectivity index (χ3v) is 6.67. The van der Waals surface area contributed by atoms with Crippen molar-refractivity contribution in [3.63, 3.8) is 0 Å². The Morgan fingerprint density at radius 1 is 1.03 bits per heavy atom. The molecule has 3 aromatic carbocycles. The third-order valence-electron chi connectivity index (χ3n) is 6.67. The van der Waals surface area contributed by atoms with Gasteiger partial charge in [-0.1, -0.05) is 48.5 Å². The third kappa shape index (κ3) is 4.01. The number of carboxylic acid groups (broad SMARTS) is 1. The number of halogens is 1. The van der Waals surface area contributed by atoms with E-state index in [-0.39, 0.29) is 36.9 Å². The van der Waals surface area contributed by atoms with Gasteiger partial charge in [0.1, 0.15) is 17.8 Å². The van der Waals surface area contributed by atoms with Crippen LogP contribution in [0.25, 0.3) is 11.1 Å². The van der Waals surface area contributed by atoms with Gasteiger partial charge in [0.25, 0.3) is 5.91 Å². The number of ether oxygens (including phenoxy) is 1. The summed E-state index contributed by atoms with van der Waals surface area (Å²) in [5, 5.41) is 11.7. The number of nitrogens with one attached hydrogen (secondary N) is 1. The van der Waals surface area contributed by atoms with Crippen LogP contribution < -0.4 is 5.32 Å². The van der Waals surface area contributed by atoms with Crippen molar-refractivity contribution in [3.8, 4) is 11.1 Å². The summed E-state index contributed by atoms with van der Waals surface area (Å²) in [5.74, 6) is -2.49. The number of hydrogen-bond donors (Lipinski definition) is 2. The van der Waals surface area contributed by atoms with Crippen molar-refractivity contribution in [2.24, 2.45) is 5.41 Å². The summed E-state index contributed by atoms with van der Waals surface area (Å²) in [6, 6.07) is 19.7. The molecule has 1 aliphatic heterocycles. The molecule has 1 fully saturated rings. The molecular formula is C27H23FN2O5. The van der Waals surface area contributed by atoms with Gasteiger partial charge in [-0.2, -0.15) is 0 Å². The maximum atomic E-state index is 14.6. The van der Waals surface area contributed by atoms with Gasteiger partial charge in [-0.3, -0.25) is 14.9 Å². The van der Waals surface area contributed by atoms with Crippen molar-refractivity contribution in [1.29, 1.82) is 0 Å². The maximum absolute atomic E-state index is 14.6. The van der Waals surface area contributed by atoms with Gasteiger partial charge in [0.15, 0.2) is 0 Å². The van der Waals surface area contributed by atoms with Crippen LogP contribution in [0.3, 0.4) is 0 Å². The highest BCUT2D eigenvalue weighted by atomic mass is 19.1. The molecule has 8 heteroatoms. The number of amides is 2. The lowest BCUT2D eigenvalue weighted by Crippen LogP contribution is -2.60. The van der Waals surface area contributed by atoms with Gasteiger partial charge in [0, 0.05) is 24.7 Å². The number of hydrogen-bond acceptors (Lipinski definition) is 4. The molecule has 1 aliphatic carbocycles. The minimum atomic E-state index is -1.02. The molecule has 7 nitrogen and oxygen atoms in total. The van der Waals surface area contributed by atoms with Crippen LogP contribution in [0.4, 0.5) is 14.9 Å². The van der Waals surface area contributed by atoms with Crippen LogP contribution in [-0.2, 0) is 9.53 Å². The largest absolute Gasteiger partial charge is 0.481 e. The van der Waals surface area contributed by atoms with E-state index in [9.17, 15) is 23.9 Å². The van der Waals surface area contributed by atoms with Gasteiger partial charge >= 0.3 is 12.1 Å². The Morgan fingerprint density at radius 3 is 2.20 bits per heavy atom. The van der Waals surface area contributed by atoms with Gasteiger partial charge in [-0.25, -0.2) is 9.18 Å². The van der Waals surface area contributed by atoms with Gasteiger partial charge in [0.2, 0.25) is 0 Å². The fourth-order valence-corrected chi connectivity index (χ4v) is 4.76. The molecule has 0 spiro atoms. The highest BCUT2D eigenvalue weighted by molar-refractivity contribution is 5.97. The fraction of sp³-hybridized carbons (Fsp3) is 0.222. The van der Waals surface area contributed by atoms with Crippen molar-refractivity contribution in [2.45, 2.75) is 12.8 Å². The molecule has 0 bridgehead atoms. The van der Waals surface area contributed by atoms with E-state index < -0.39 is 29.2 Å². The zero-order chi connectivity index (χ0) is 24.7. The Labute approximate surface area is 201 Å². The SMILES string of the molecule is CC1(C(=O)O)CN(C(=O)c2ccc(NC(=O)OCC3c4ccccc4-c4ccccc43)cc2F)C1. The monoisotopic (exact) mass is 474 g/mol. The van der Waals surface area contributed by atoms with Gasteiger partial charge < -0.3 is 14.7 Å². The molecule has 2 aliphatic rings. The maximum Gasteiger partial charge on any atom is 0.411 e. The zero-order valence-electron chi connectivity index (χ0n) is 19.0. The van der Waals surface area contributed by atoms with E-state index in [1.54, 1.807) is 0 Å². The van der Waals surface area contributed by atoms with E-state index >= 15 is 0 Å². The Kier molecular flexibility index (Phi) is 5.51. The predicted molar refractivity (Wildman–Crippen MR) is 127 cm³/mol. The average molecular weight is 474 g/mol. The summed E-state index contributed by atoms with van der Waals surface area (Å²) in [6.07, 6.45) is -0.731. The highest BCUT2D eigenvalue weighted by Gasteiger charge is 2.47. The molecule has 0 aromatic heterocycles. The lowest BCUT2D eigenvalue weighted by atomic mass is 9.81. The summed E-state index contributed by atoms with van der Waals surface area (Å²) in [5.41, 5.74) is 3.35. The number of fused-ring (bicyclic) bond motifs is 3. The minimum absolute atomic E-state index is 0.0142. The first kappa shape index (κ1) is 22.6. The van der Waals surface area contributed by atoms with Crippen LogP contribution in [0.5, 0.6) is 0 Å². The number of likely N-dealkylation sites (tertiary alicyclic amines) is 1. The van der Waals surface area contributed by atoms with E-state index in [0.717, 1.165) is 28.3 Å². The Morgan fingerprint density at radius 2 is 1.63 bits per heavy atom. The molecule has 3 aromatic rings. The van der Waals surface area contributed by atoms with Crippen molar-refractivity contribution >= 4 is 23.7 Å². The normalized spacial score (nSPS) is 15.5. The molecule has 0 radical (unpaired) electrons. The number of carboxylic acids is 1. The number of benzene rings is 3. The van der Waals surface area contributed by atoms with E-state index in [0.29, 0.717) is 0 Å². The van der Waals surface area contributed by atoms with Crippen molar-refractivity contribution in [1.82, 2.24) is 4.90 Å². The molecule has 35 heavy (non-hydrogen) atoms. The molecular weight excluding hydrogens is 451 g/mol. The Hall–Kier alpha value is -4.20. The van der Waals surface area contributed by atoms with Crippen LogP contribution in [-0.4, -0.2) is 47.7 Å². The van der Waals surface area contributed by atoms with Crippen molar-refractivity contribution in [2.75, 3.05) is 25.0 Å². The molecule has 2 N–H and O–H groups in total. The van der Waals surface area contributed by atoms with Crippen molar-refractivity contribution < 1.29 is 28.6 Å². The Balaban J connectivity index is 1.22. The van der Waals surface area contributed by atoms with Crippen LogP contribution in [0.1, 0.15) is 34.3 Å². The van der Waals surface area contributed by atoms with Crippen LogP contribution >= 0.6 is 0 Å². The number of nitrogens with zero attached hydrogens (tertiary/aromatic N) is 1. The fourth-order valence-electron chi connectivity index (χ4n) is 4.76. The lowest BCUT2D eigenvalue weighted by molar-refractivity contribution is -0.155.